The van der Waals surface area contributed by atoms with E-state index < -0.39 is 20.9 Å². The number of nitrogens with zero attached hydrogens (tertiary/aromatic N) is 3. The molecule has 0 saturated heterocycles. The maximum Gasteiger partial charge on any atom is 0.281 e. The number of hydrogen-bond acceptors (Lipinski definition) is 6. The van der Waals surface area contributed by atoms with Gasteiger partial charge in [0, 0.05) is 12.1 Å². The highest BCUT2D eigenvalue weighted by molar-refractivity contribution is 7.92. The van der Waals surface area contributed by atoms with Gasteiger partial charge in [0.2, 0.25) is 0 Å². The largest absolute Gasteiger partial charge is 0.305 e. The molecular formula is C24H18N4O5S2. The van der Waals surface area contributed by atoms with Crippen LogP contribution in [0.4, 0.5) is 11.4 Å². The van der Waals surface area contributed by atoms with Crippen LogP contribution in [0.1, 0.15) is 15.9 Å². The Morgan fingerprint density at radius 1 is 1.17 bits per heavy atom. The van der Waals surface area contributed by atoms with Crippen LogP contribution in [-0.2, 0) is 16.6 Å². The molecule has 0 unspecified atom stereocenters. The molecule has 4 aromatic rings. The molecule has 1 N–H and O–H groups in total. The highest BCUT2D eigenvalue weighted by atomic mass is 32.2. The van der Waals surface area contributed by atoms with E-state index in [2.05, 4.69) is 15.6 Å². The van der Waals surface area contributed by atoms with E-state index in [-0.39, 0.29) is 33.2 Å². The van der Waals surface area contributed by atoms with Crippen LogP contribution in [0.15, 0.2) is 76.6 Å². The molecule has 0 atom stereocenters. The average Bonchev–Trinajstić information content (AvgIpc) is 3.15. The predicted octanol–water partition coefficient (Wildman–Crippen LogP) is 4.09. The minimum atomic E-state index is -3.95. The smallest absolute Gasteiger partial charge is 0.281 e. The van der Waals surface area contributed by atoms with E-state index >= 15 is 0 Å². The number of terminal acetylenes is 1. The number of hydrogen-bond donors (Lipinski definition) is 1. The van der Waals surface area contributed by atoms with Crippen LogP contribution in [0, 0.1) is 29.4 Å². The fourth-order valence-electron chi connectivity index (χ4n) is 3.33. The summed E-state index contributed by atoms with van der Waals surface area (Å²) < 4.78 is 30.3. The number of para-hydroxylation sites is 1. The van der Waals surface area contributed by atoms with E-state index in [0.717, 1.165) is 16.9 Å². The van der Waals surface area contributed by atoms with Gasteiger partial charge in [-0.1, -0.05) is 47.1 Å². The van der Waals surface area contributed by atoms with Crippen LogP contribution in [-0.4, -0.2) is 23.8 Å². The summed E-state index contributed by atoms with van der Waals surface area (Å²) in [4.78, 5) is 28.2. The van der Waals surface area contributed by atoms with Gasteiger partial charge in [-0.25, -0.2) is 8.42 Å². The minimum absolute atomic E-state index is 0.0406. The molecule has 3 aromatic carbocycles. The first-order valence-corrected chi connectivity index (χ1v) is 12.5. The fourth-order valence-corrected chi connectivity index (χ4v) is 5.47. The van der Waals surface area contributed by atoms with Gasteiger partial charge in [0.15, 0.2) is 4.80 Å². The lowest BCUT2D eigenvalue weighted by Crippen LogP contribution is -2.18. The van der Waals surface area contributed by atoms with E-state index in [4.69, 9.17) is 6.42 Å². The van der Waals surface area contributed by atoms with E-state index in [9.17, 15) is 23.3 Å². The highest BCUT2D eigenvalue weighted by Crippen LogP contribution is 2.24. The zero-order valence-electron chi connectivity index (χ0n) is 18.3. The number of carbonyl (C=O) groups excluding carboxylic acids is 1. The number of rotatable bonds is 6. The molecule has 0 fully saturated rings. The van der Waals surface area contributed by atoms with Crippen molar-refractivity contribution >= 4 is 48.9 Å². The summed E-state index contributed by atoms with van der Waals surface area (Å²) in [6.07, 6.45) is 5.48. The van der Waals surface area contributed by atoms with Crippen LogP contribution >= 0.6 is 11.3 Å². The zero-order valence-corrected chi connectivity index (χ0v) is 20.0. The lowest BCUT2D eigenvalue weighted by Gasteiger charge is -2.11. The Morgan fingerprint density at radius 3 is 2.57 bits per heavy atom. The third-order valence-corrected chi connectivity index (χ3v) is 7.48. The summed E-state index contributed by atoms with van der Waals surface area (Å²) in [5.41, 5.74) is 1.52. The molecule has 1 aromatic heterocycles. The number of fused-ring (bicyclic) bond motifs is 1. The Kier molecular flexibility index (Phi) is 6.50. The van der Waals surface area contributed by atoms with Crippen molar-refractivity contribution in [3.63, 3.8) is 0 Å². The Labute approximate surface area is 204 Å². The molecule has 9 nitrogen and oxygen atoms in total. The number of amides is 1. The van der Waals surface area contributed by atoms with Crippen molar-refractivity contribution in [1.82, 2.24) is 4.57 Å². The van der Waals surface area contributed by atoms with Crippen molar-refractivity contribution in [1.29, 1.82) is 0 Å². The van der Waals surface area contributed by atoms with Crippen LogP contribution in [0.25, 0.3) is 10.2 Å². The number of anilines is 1. The molecular weight excluding hydrogens is 488 g/mol. The number of nitrogens with one attached hydrogen (secondary N) is 1. The number of nitro benzene ring substituents is 1. The molecule has 0 saturated carbocycles. The number of nitro groups is 1. The van der Waals surface area contributed by atoms with Crippen molar-refractivity contribution in [3.8, 4) is 12.3 Å². The van der Waals surface area contributed by atoms with E-state index in [1.165, 1.54) is 36.4 Å². The van der Waals surface area contributed by atoms with E-state index in [1.807, 2.05) is 6.92 Å². The molecule has 176 valence electrons. The Hall–Kier alpha value is -4.27. The van der Waals surface area contributed by atoms with Gasteiger partial charge >= 0.3 is 0 Å². The number of non-ortho nitro benzene ring substituents is 1. The maximum absolute atomic E-state index is 13.1. The lowest BCUT2D eigenvalue weighted by atomic mass is 10.2. The third-order valence-electron chi connectivity index (χ3n) is 5.06. The minimum Gasteiger partial charge on any atom is -0.305 e. The maximum atomic E-state index is 13.1. The van der Waals surface area contributed by atoms with Crippen LogP contribution in [0.2, 0.25) is 0 Å². The zero-order chi connectivity index (χ0) is 25.2. The first-order valence-electron chi connectivity index (χ1n) is 10.2. The molecule has 35 heavy (non-hydrogen) atoms. The number of benzene rings is 3. The summed E-state index contributed by atoms with van der Waals surface area (Å²) in [6.45, 7) is 1.93. The quantitative estimate of drug-likeness (QED) is 0.240. The van der Waals surface area contributed by atoms with E-state index in [0.29, 0.717) is 10.2 Å². The van der Waals surface area contributed by atoms with Gasteiger partial charge in [-0.3, -0.25) is 19.6 Å². The van der Waals surface area contributed by atoms with E-state index in [1.54, 1.807) is 34.9 Å². The fraction of sp³-hybridized carbons (Fsp3) is 0.0833. The number of sulfonamides is 1. The Morgan fingerprint density at radius 2 is 1.89 bits per heavy atom. The summed E-state index contributed by atoms with van der Waals surface area (Å²) in [6, 6.07) is 16.7. The van der Waals surface area contributed by atoms with Crippen LogP contribution in [0.5, 0.6) is 0 Å². The standard InChI is InChI=1S/C24H18N4O5S2/c1-3-14-27-21-13-10-17(28(30)31)15-22(21)34-24(27)25-23(29)19-6-4-5-7-20(19)26-35(32,33)18-11-8-16(2)9-12-18/h1,4-13,15,26H,14H2,2H3. The lowest BCUT2D eigenvalue weighted by molar-refractivity contribution is -0.384. The topological polar surface area (TPSA) is 124 Å². The van der Waals surface area contributed by atoms with Gasteiger partial charge in [0.25, 0.3) is 21.6 Å². The average molecular weight is 507 g/mol. The van der Waals surface area contributed by atoms with Crippen molar-refractivity contribution in [3.05, 3.63) is 92.8 Å². The molecule has 1 amide bonds. The van der Waals surface area contributed by atoms with Gasteiger partial charge in [-0.2, -0.15) is 4.99 Å². The molecule has 0 aliphatic rings. The van der Waals surface area contributed by atoms with Crippen LogP contribution in [0.3, 0.4) is 0 Å². The number of aromatic nitrogens is 1. The summed E-state index contributed by atoms with van der Waals surface area (Å²) in [5.74, 6) is 1.80. The van der Waals surface area contributed by atoms with Gasteiger partial charge in [0.05, 0.1) is 37.8 Å². The SMILES string of the molecule is C#CCn1c(=NC(=O)c2ccccc2NS(=O)(=O)c2ccc(C)cc2)sc2cc([N+](=O)[O-])ccc21. The summed E-state index contributed by atoms with van der Waals surface area (Å²) in [7, 11) is -3.95. The molecule has 0 aliphatic heterocycles. The second-order valence-electron chi connectivity index (χ2n) is 7.47. The molecule has 1 heterocycles. The van der Waals surface area contributed by atoms with Crippen molar-refractivity contribution in [2.24, 2.45) is 4.99 Å². The Bertz CT molecular complexity index is 1680. The number of carbonyl (C=O) groups is 1. The molecule has 0 bridgehead atoms. The van der Waals surface area contributed by atoms with Crippen molar-refractivity contribution in [2.45, 2.75) is 18.4 Å². The summed E-state index contributed by atoms with van der Waals surface area (Å²) in [5, 5.41) is 11.1. The normalized spacial score (nSPS) is 11.8. The monoisotopic (exact) mass is 506 g/mol. The van der Waals surface area contributed by atoms with Gasteiger partial charge in [0.1, 0.15) is 0 Å². The first-order chi connectivity index (χ1) is 16.7. The van der Waals surface area contributed by atoms with Gasteiger partial charge < -0.3 is 4.57 Å². The second-order valence-corrected chi connectivity index (χ2v) is 10.2. The van der Waals surface area contributed by atoms with Gasteiger partial charge in [-0.15, -0.1) is 6.42 Å². The molecule has 0 radical (unpaired) electrons. The number of thiazole rings is 1. The highest BCUT2D eigenvalue weighted by Gasteiger charge is 2.19. The molecule has 4 rings (SSSR count). The Balaban J connectivity index is 1.76. The predicted molar refractivity (Wildman–Crippen MR) is 134 cm³/mol. The molecule has 11 heteroatoms. The van der Waals surface area contributed by atoms with Crippen molar-refractivity contribution < 1.29 is 18.1 Å². The van der Waals surface area contributed by atoms with Crippen molar-refractivity contribution in [2.75, 3.05) is 4.72 Å². The first kappa shape index (κ1) is 23.9. The second kappa shape index (κ2) is 9.54. The van der Waals surface area contributed by atoms with Crippen LogP contribution < -0.4 is 9.52 Å². The third kappa shape index (κ3) is 4.98. The summed E-state index contributed by atoms with van der Waals surface area (Å²) >= 11 is 1.07. The molecule has 0 aliphatic carbocycles. The molecule has 0 spiro atoms. The van der Waals surface area contributed by atoms with Gasteiger partial charge in [-0.05, 0) is 37.3 Å². The number of aryl methyl sites for hydroxylation is 1.